The molecule has 16 heavy (non-hydrogen) atoms. The second-order valence-electron chi connectivity index (χ2n) is 4.50. The van der Waals surface area contributed by atoms with E-state index in [2.05, 4.69) is 6.92 Å². The highest BCUT2D eigenvalue weighted by atomic mass is 16.6. The molecule has 0 saturated carbocycles. The summed E-state index contributed by atoms with van der Waals surface area (Å²) in [6, 6.07) is 0. The van der Waals surface area contributed by atoms with Crippen LogP contribution in [0.2, 0.25) is 0 Å². The molecular weight excluding hydrogens is 208 g/mol. The molecule has 1 unspecified atom stereocenters. The number of carbonyl (C=O) groups is 1. The van der Waals surface area contributed by atoms with Crippen molar-refractivity contribution in [3.63, 3.8) is 0 Å². The average Bonchev–Trinajstić information content (AvgIpc) is 2.74. The minimum Gasteiger partial charge on any atom is -0.449 e. The van der Waals surface area contributed by atoms with Crippen molar-refractivity contribution in [1.82, 2.24) is 4.90 Å². The SMILES string of the molecule is CCCCOC(=O)N1CCC(CN)(CO)C1. The zero-order valence-corrected chi connectivity index (χ0v) is 9.95. The van der Waals surface area contributed by atoms with E-state index in [1.54, 1.807) is 4.90 Å². The van der Waals surface area contributed by atoms with Crippen molar-refractivity contribution in [2.75, 3.05) is 32.8 Å². The van der Waals surface area contributed by atoms with Gasteiger partial charge in [0, 0.05) is 25.0 Å². The van der Waals surface area contributed by atoms with E-state index in [4.69, 9.17) is 10.5 Å². The first kappa shape index (κ1) is 13.3. The van der Waals surface area contributed by atoms with Gasteiger partial charge < -0.3 is 20.5 Å². The molecule has 0 radical (unpaired) electrons. The molecule has 1 rings (SSSR count). The Morgan fingerprint density at radius 3 is 2.88 bits per heavy atom. The van der Waals surface area contributed by atoms with E-state index < -0.39 is 0 Å². The van der Waals surface area contributed by atoms with Gasteiger partial charge in [-0.15, -0.1) is 0 Å². The number of aliphatic hydroxyl groups excluding tert-OH is 1. The summed E-state index contributed by atoms with van der Waals surface area (Å²) in [5.41, 5.74) is 5.31. The van der Waals surface area contributed by atoms with E-state index in [1.807, 2.05) is 0 Å². The van der Waals surface area contributed by atoms with Crippen molar-refractivity contribution in [3.8, 4) is 0 Å². The Kier molecular flexibility index (Phi) is 5.02. The van der Waals surface area contributed by atoms with Crippen LogP contribution in [-0.4, -0.2) is 48.9 Å². The van der Waals surface area contributed by atoms with Gasteiger partial charge in [0.25, 0.3) is 0 Å². The number of nitrogens with zero attached hydrogens (tertiary/aromatic N) is 1. The molecule has 1 atom stereocenters. The maximum atomic E-state index is 11.6. The molecule has 1 amide bonds. The van der Waals surface area contributed by atoms with Crippen LogP contribution in [-0.2, 0) is 4.74 Å². The fourth-order valence-corrected chi connectivity index (χ4v) is 1.85. The van der Waals surface area contributed by atoms with Gasteiger partial charge in [-0.05, 0) is 12.8 Å². The molecule has 1 aliphatic heterocycles. The highest BCUT2D eigenvalue weighted by Gasteiger charge is 2.38. The molecule has 1 heterocycles. The van der Waals surface area contributed by atoms with Gasteiger partial charge in [-0.25, -0.2) is 4.79 Å². The molecule has 0 aromatic rings. The van der Waals surface area contributed by atoms with Gasteiger partial charge in [0.05, 0.1) is 13.2 Å². The lowest BCUT2D eigenvalue weighted by Crippen LogP contribution is -2.39. The monoisotopic (exact) mass is 230 g/mol. The smallest absolute Gasteiger partial charge is 0.409 e. The van der Waals surface area contributed by atoms with E-state index in [9.17, 15) is 9.90 Å². The molecule has 0 spiro atoms. The number of unbranched alkanes of at least 4 members (excludes halogenated alkanes) is 1. The van der Waals surface area contributed by atoms with Gasteiger partial charge in [-0.1, -0.05) is 13.3 Å². The van der Waals surface area contributed by atoms with Crippen LogP contribution in [0.25, 0.3) is 0 Å². The first-order valence-corrected chi connectivity index (χ1v) is 5.90. The predicted octanol–water partition coefficient (Wildman–Crippen LogP) is 0.566. The molecule has 3 N–H and O–H groups in total. The topological polar surface area (TPSA) is 75.8 Å². The number of carbonyl (C=O) groups excluding carboxylic acids is 1. The van der Waals surface area contributed by atoms with E-state index >= 15 is 0 Å². The third kappa shape index (κ3) is 3.09. The maximum absolute atomic E-state index is 11.6. The number of amides is 1. The molecule has 5 heteroatoms. The zero-order valence-electron chi connectivity index (χ0n) is 9.95. The Labute approximate surface area is 96.6 Å². The summed E-state index contributed by atoms with van der Waals surface area (Å²) in [5.74, 6) is 0. The number of nitrogens with two attached hydrogens (primary N) is 1. The van der Waals surface area contributed by atoms with Gasteiger partial charge in [0.2, 0.25) is 0 Å². The lowest BCUT2D eigenvalue weighted by molar-refractivity contribution is 0.0957. The Balaban J connectivity index is 2.37. The molecule has 1 saturated heterocycles. The number of hydrogen-bond acceptors (Lipinski definition) is 4. The lowest BCUT2D eigenvalue weighted by Gasteiger charge is -2.24. The standard InChI is InChI=1S/C11H22N2O3/c1-2-3-6-16-10(15)13-5-4-11(7-12,8-13)9-14/h14H,2-9,12H2,1H3. The second-order valence-corrected chi connectivity index (χ2v) is 4.50. The van der Waals surface area contributed by atoms with Crippen molar-refractivity contribution in [1.29, 1.82) is 0 Å². The van der Waals surface area contributed by atoms with Crippen molar-refractivity contribution >= 4 is 6.09 Å². The number of ether oxygens (including phenoxy) is 1. The van der Waals surface area contributed by atoms with Crippen LogP contribution in [0.3, 0.4) is 0 Å². The predicted molar refractivity (Wildman–Crippen MR) is 61.0 cm³/mol. The lowest BCUT2D eigenvalue weighted by atomic mass is 9.89. The normalized spacial score (nSPS) is 24.8. The summed E-state index contributed by atoms with van der Waals surface area (Å²) < 4.78 is 5.11. The van der Waals surface area contributed by atoms with Crippen LogP contribution in [0.5, 0.6) is 0 Å². The molecule has 5 nitrogen and oxygen atoms in total. The summed E-state index contributed by atoms with van der Waals surface area (Å²) in [5, 5.41) is 9.27. The Morgan fingerprint density at radius 2 is 2.38 bits per heavy atom. The zero-order chi connectivity index (χ0) is 12.0. The fraction of sp³-hybridized carbons (Fsp3) is 0.909. The summed E-state index contributed by atoms with van der Waals surface area (Å²) in [6.07, 6.45) is 2.37. The molecule has 0 aliphatic carbocycles. The maximum Gasteiger partial charge on any atom is 0.409 e. The van der Waals surface area contributed by atoms with E-state index in [0.717, 1.165) is 19.3 Å². The molecule has 1 fully saturated rings. The molecule has 0 aromatic carbocycles. The highest BCUT2D eigenvalue weighted by Crippen LogP contribution is 2.29. The second kappa shape index (κ2) is 6.06. The van der Waals surface area contributed by atoms with Crippen LogP contribution in [0.1, 0.15) is 26.2 Å². The van der Waals surface area contributed by atoms with Gasteiger partial charge in [-0.3, -0.25) is 0 Å². The number of rotatable bonds is 5. The summed E-state index contributed by atoms with van der Waals surface area (Å²) >= 11 is 0. The number of aliphatic hydroxyl groups is 1. The summed E-state index contributed by atoms with van der Waals surface area (Å²) in [7, 11) is 0. The molecule has 1 aliphatic rings. The Morgan fingerprint density at radius 1 is 1.62 bits per heavy atom. The van der Waals surface area contributed by atoms with E-state index in [0.29, 0.717) is 26.2 Å². The fourth-order valence-electron chi connectivity index (χ4n) is 1.85. The number of hydrogen-bond donors (Lipinski definition) is 2. The minimum atomic E-state index is -0.316. The van der Waals surface area contributed by atoms with E-state index in [1.165, 1.54) is 0 Å². The Hall–Kier alpha value is -0.810. The van der Waals surface area contributed by atoms with Crippen LogP contribution < -0.4 is 5.73 Å². The minimum absolute atomic E-state index is 0.0300. The van der Waals surface area contributed by atoms with Crippen molar-refractivity contribution in [3.05, 3.63) is 0 Å². The molecule has 0 aromatic heterocycles. The van der Waals surface area contributed by atoms with Crippen molar-refractivity contribution < 1.29 is 14.6 Å². The third-order valence-corrected chi connectivity index (χ3v) is 3.19. The average molecular weight is 230 g/mol. The third-order valence-electron chi connectivity index (χ3n) is 3.19. The summed E-state index contributed by atoms with van der Waals surface area (Å²) in [6.45, 7) is 4.09. The first-order valence-electron chi connectivity index (χ1n) is 5.90. The summed E-state index contributed by atoms with van der Waals surface area (Å²) in [4.78, 5) is 13.3. The highest BCUT2D eigenvalue weighted by molar-refractivity contribution is 5.68. The molecule has 94 valence electrons. The largest absolute Gasteiger partial charge is 0.449 e. The Bertz CT molecular complexity index is 229. The number of likely N-dealkylation sites (tertiary alicyclic amines) is 1. The van der Waals surface area contributed by atoms with Gasteiger partial charge in [0.15, 0.2) is 0 Å². The van der Waals surface area contributed by atoms with Crippen LogP contribution in [0, 0.1) is 5.41 Å². The van der Waals surface area contributed by atoms with Gasteiger partial charge in [-0.2, -0.15) is 0 Å². The van der Waals surface area contributed by atoms with Gasteiger partial charge in [0.1, 0.15) is 0 Å². The first-order chi connectivity index (χ1) is 7.67. The van der Waals surface area contributed by atoms with Crippen LogP contribution in [0.15, 0.2) is 0 Å². The van der Waals surface area contributed by atoms with Crippen molar-refractivity contribution in [2.45, 2.75) is 26.2 Å². The van der Waals surface area contributed by atoms with Crippen LogP contribution in [0.4, 0.5) is 4.79 Å². The quantitative estimate of drug-likeness (QED) is 0.677. The van der Waals surface area contributed by atoms with Crippen molar-refractivity contribution in [2.24, 2.45) is 11.1 Å². The van der Waals surface area contributed by atoms with E-state index in [-0.39, 0.29) is 18.1 Å². The molecule has 0 bridgehead atoms. The molecular formula is C11H22N2O3. The van der Waals surface area contributed by atoms with Gasteiger partial charge >= 0.3 is 6.09 Å². The van der Waals surface area contributed by atoms with Crippen LogP contribution >= 0.6 is 0 Å².